The fourth-order valence-corrected chi connectivity index (χ4v) is 1.63. The van der Waals surface area contributed by atoms with Crippen LogP contribution >= 0.6 is 0 Å². The number of nitrogens with two attached hydrogens (primary N) is 2. The van der Waals surface area contributed by atoms with Crippen LogP contribution in [0.1, 0.15) is 15.9 Å². The minimum Gasteiger partial charge on any atom is -0.455 e. The lowest BCUT2D eigenvalue weighted by Gasteiger charge is -2.12. The molecule has 110 valence electrons. The molecule has 0 aliphatic carbocycles. The zero-order chi connectivity index (χ0) is 15.6. The Labute approximate surface area is 118 Å². The first-order valence-electron chi connectivity index (χ1n) is 5.82. The summed E-state index contributed by atoms with van der Waals surface area (Å²) < 4.78 is 42.9. The van der Waals surface area contributed by atoms with E-state index >= 15 is 0 Å². The first-order valence-corrected chi connectivity index (χ1v) is 5.82. The van der Waals surface area contributed by atoms with Crippen molar-refractivity contribution < 1.29 is 22.7 Å². The largest absolute Gasteiger partial charge is 0.455 e. The molecule has 0 atom stereocenters. The van der Waals surface area contributed by atoms with Gasteiger partial charge in [-0.25, -0.2) is 0 Å². The van der Waals surface area contributed by atoms with E-state index in [1.165, 1.54) is 24.3 Å². The number of hydrogen-bond donors (Lipinski definition) is 2. The van der Waals surface area contributed by atoms with E-state index in [9.17, 15) is 18.0 Å². The minimum atomic E-state index is -4.46. The SMILES string of the molecule is NC(=O)c1ccc(Oc2ccc(C(F)(F)F)cc2N)cc1. The molecule has 0 saturated carbocycles. The Hall–Kier alpha value is -2.70. The molecule has 0 aliphatic rings. The van der Waals surface area contributed by atoms with Crippen LogP contribution in [0.4, 0.5) is 18.9 Å². The van der Waals surface area contributed by atoms with Crippen LogP contribution in [0.2, 0.25) is 0 Å². The zero-order valence-electron chi connectivity index (χ0n) is 10.6. The van der Waals surface area contributed by atoms with Gasteiger partial charge in [0.25, 0.3) is 0 Å². The van der Waals surface area contributed by atoms with Gasteiger partial charge in [0.05, 0.1) is 11.3 Å². The smallest absolute Gasteiger partial charge is 0.416 e. The molecule has 7 heteroatoms. The van der Waals surface area contributed by atoms with Crippen molar-refractivity contribution in [3.63, 3.8) is 0 Å². The predicted molar refractivity (Wildman–Crippen MR) is 70.9 cm³/mol. The highest BCUT2D eigenvalue weighted by atomic mass is 19.4. The average molecular weight is 296 g/mol. The molecule has 4 N–H and O–H groups in total. The zero-order valence-corrected chi connectivity index (χ0v) is 10.6. The van der Waals surface area contributed by atoms with Crippen LogP contribution in [0.25, 0.3) is 0 Å². The lowest BCUT2D eigenvalue weighted by Crippen LogP contribution is -2.10. The van der Waals surface area contributed by atoms with E-state index in [4.69, 9.17) is 16.2 Å². The monoisotopic (exact) mass is 296 g/mol. The van der Waals surface area contributed by atoms with Gasteiger partial charge < -0.3 is 16.2 Å². The normalized spacial score (nSPS) is 11.2. The van der Waals surface area contributed by atoms with Crippen LogP contribution in [0.15, 0.2) is 42.5 Å². The number of ether oxygens (including phenoxy) is 1. The van der Waals surface area contributed by atoms with E-state index in [-0.39, 0.29) is 11.4 Å². The van der Waals surface area contributed by atoms with Crippen molar-refractivity contribution in [1.29, 1.82) is 0 Å². The second-order valence-electron chi connectivity index (χ2n) is 4.24. The van der Waals surface area contributed by atoms with Gasteiger partial charge in [0, 0.05) is 5.56 Å². The molecule has 0 unspecified atom stereocenters. The van der Waals surface area contributed by atoms with Gasteiger partial charge in [-0.3, -0.25) is 4.79 Å². The van der Waals surface area contributed by atoms with Gasteiger partial charge in [-0.1, -0.05) is 0 Å². The van der Waals surface area contributed by atoms with Gasteiger partial charge in [-0.15, -0.1) is 0 Å². The highest BCUT2D eigenvalue weighted by molar-refractivity contribution is 5.92. The predicted octanol–water partition coefficient (Wildman–Crippen LogP) is 3.18. The van der Waals surface area contributed by atoms with Gasteiger partial charge in [0.15, 0.2) is 0 Å². The summed E-state index contributed by atoms with van der Waals surface area (Å²) in [5, 5.41) is 0. The molecule has 2 aromatic rings. The van der Waals surface area contributed by atoms with Crippen molar-refractivity contribution in [3.8, 4) is 11.5 Å². The van der Waals surface area contributed by atoms with Crippen molar-refractivity contribution in [2.24, 2.45) is 5.73 Å². The van der Waals surface area contributed by atoms with Gasteiger partial charge in [-0.05, 0) is 42.5 Å². The number of carbonyl (C=O) groups excluding carboxylic acids is 1. The topological polar surface area (TPSA) is 78.3 Å². The molecule has 0 aromatic heterocycles. The number of nitrogen functional groups attached to an aromatic ring is 1. The van der Waals surface area contributed by atoms with Crippen molar-refractivity contribution in [2.45, 2.75) is 6.18 Å². The van der Waals surface area contributed by atoms with Crippen molar-refractivity contribution in [1.82, 2.24) is 0 Å². The molecule has 0 radical (unpaired) electrons. The first kappa shape index (κ1) is 14.7. The molecule has 0 heterocycles. The Kier molecular flexibility index (Phi) is 3.75. The van der Waals surface area contributed by atoms with Crippen LogP contribution in [0, 0.1) is 0 Å². The lowest BCUT2D eigenvalue weighted by atomic mass is 10.2. The molecule has 2 aromatic carbocycles. The molecular weight excluding hydrogens is 285 g/mol. The number of carbonyl (C=O) groups is 1. The van der Waals surface area contributed by atoms with E-state index in [1.807, 2.05) is 0 Å². The number of alkyl halides is 3. The van der Waals surface area contributed by atoms with E-state index in [2.05, 4.69) is 0 Å². The summed E-state index contributed by atoms with van der Waals surface area (Å²) in [6.45, 7) is 0. The van der Waals surface area contributed by atoms with Gasteiger partial charge in [-0.2, -0.15) is 13.2 Å². The molecule has 1 amide bonds. The average Bonchev–Trinajstić information content (AvgIpc) is 2.40. The maximum absolute atomic E-state index is 12.5. The van der Waals surface area contributed by atoms with Gasteiger partial charge in [0.1, 0.15) is 11.5 Å². The molecule has 0 saturated heterocycles. The summed E-state index contributed by atoms with van der Waals surface area (Å²) >= 11 is 0. The quantitative estimate of drug-likeness (QED) is 0.854. The van der Waals surface area contributed by atoms with Crippen LogP contribution < -0.4 is 16.2 Å². The second-order valence-corrected chi connectivity index (χ2v) is 4.24. The molecular formula is C14H11F3N2O2. The molecule has 0 bridgehead atoms. The summed E-state index contributed by atoms with van der Waals surface area (Å²) in [6.07, 6.45) is -4.46. The third-order valence-electron chi connectivity index (χ3n) is 2.70. The number of benzene rings is 2. The van der Waals surface area contributed by atoms with E-state index in [1.54, 1.807) is 0 Å². The standard InChI is InChI=1S/C14H11F3N2O2/c15-14(16,17)9-3-6-12(11(18)7-9)21-10-4-1-8(2-5-10)13(19)20/h1-7H,18H2,(H2,19,20). The van der Waals surface area contributed by atoms with E-state index < -0.39 is 17.6 Å². The summed E-state index contributed by atoms with van der Waals surface area (Å²) in [5.74, 6) is -0.170. The molecule has 0 aliphatic heterocycles. The Morgan fingerprint density at radius 2 is 1.67 bits per heavy atom. The summed E-state index contributed by atoms with van der Waals surface area (Å²) in [5.41, 5.74) is 9.94. The van der Waals surface area contributed by atoms with Crippen molar-refractivity contribution in [3.05, 3.63) is 53.6 Å². The maximum Gasteiger partial charge on any atom is 0.416 e. The number of anilines is 1. The molecule has 0 fully saturated rings. The lowest BCUT2D eigenvalue weighted by molar-refractivity contribution is -0.137. The second kappa shape index (κ2) is 5.35. The minimum absolute atomic E-state index is 0.0924. The fraction of sp³-hybridized carbons (Fsp3) is 0.0714. The Morgan fingerprint density at radius 1 is 1.05 bits per heavy atom. The number of halogens is 3. The molecule has 2 rings (SSSR count). The van der Waals surface area contributed by atoms with E-state index in [0.29, 0.717) is 11.3 Å². The number of primary amides is 1. The Morgan fingerprint density at radius 3 is 2.14 bits per heavy atom. The highest BCUT2D eigenvalue weighted by Gasteiger charge is 2.30. The maximum atomic E-state index is 12.5. The fourth-order valence-electron chi connectivity index (χ4n) is 1.63. The number of hydrogen-bond acceptors (Lipinski definition) is 3. The molecule has 0 spiro atoms. The van der Waals surface area contributed by atoms with Crippen LogP contribution in [-0.2, 0) is 6.18 Å². The van der Waals surface area contributed by atoms with Crippen LogP contribution in [0.3, 0.4) is 0 Å². The van der Waals surface area contributed by atoms with Crippen molar-refractivity contribution >= 4 is 11.6 Å². The van der Waals surface area contributed by atoms with Gasteiger partial charge >= 0.3 is 6.18 Å². The summed E-state index contributed by atoms with van der Waals surface area (Å²) in [6, 6.07) is 8.64. The number of amides is 1. The van der Waals surface area contributed by atoms with Gasteiger partial charge in [0.2, 0.25) is 5.91 Å². The number of rotatable bonds is 3. The third-order valence-corrected chi connectivity index (χ3v) is 2.70. The summed E-state index contributed by atoms with van der Waals surface area (Å²) in [7, 11) is 0. The molecule has 21 heavy (non-hydrogen) atoms. The third kappa shape index (κ3) is 3.44. The van der Waals surface area contributed by atoms with Crippen LogP contribution in [-0.4, -0.2) is 5.91 Å². The Balaban J connectivity index is 2.22. The first-order chi connectivity index (χ1) is 9.77. The summed E-state index contributed by atoms with van der Waals surface area (Å²) in [4.78, 5) is 10.9. The van der Waals surface area contributed by atoms with Crippen LogP contribution in [0.5, 0.6) is 11.5 Å². The Bertz CT molecular complexity index is 667. The van der Waals surface area contributed by atoms with Crippen molar-refractivity contribution in [2.75, 3.05) is 5.73 Å². The highest BCUT2D eigenvalue weighted by Crippen LogP contribution is 2.35. The van der Waals surface area contributed by atoms with E-state index in [0.717, 1.165) is 18.2 Å². The molecule has 4 nitrogen and oxygen atoms in total.